The number of nitrogen functional groups attached to an aromatic ring is 1. The van der Waals surface area contributed by atoms with Crippen LogP contribution in [0.2, 0.25) is 0 Å². The number of anilines is 1. The summed E-state index contributed by atoms with van der Waals surface area (Å²) in [4.78, 5) is 28.1. The summed E-state index contributed by atoms with van der Waals surface area (Å²) in [7, 11) is -4.65. The van der Waals surface area contributed by atoms with Crippen molar-refractivity contribution in [1.29, 1.82) is 0 Å². The average Bonchev–Trinajstić information content (AvgIpc) is 3.12. The van der Waals surface area contributed by atoms with Crippen LogP contribution in [0.15, 0.2) is 41.3 Å². The molecular formula is C25H30F2N3O8P. The summed E-state index contributed by atoms with van der Waals surface area (Å²) >= 11 is 0. The molecule has 0 amide bonds. The van der Waals surface area contributed by atoms with Gasteiger partial charge in [-0.15, -0.1) is 5.92 Å². The molecule has 1 unspecified atom stereocenters. The van der Waals surface area contributed by atoms with E-state index in [1.807, 2.05) is 5.92 Å². The first-order valence-corrected chi connectivity index (χ1v) is 13.5. The summed E-state index contributed by atoms with van der Waals surface area (Å²) in [5, 5.41) is 10.9. The monoisotopic (exact) mass is 571 g/mol. The number of carbonyl (C=O) groups excluding carboxylic acids is 1. The number of esters is 1. The number of ether oxygens (including phenoxy) is 2. The fourth-order valence-electron chi connectivity index (χ4n) is 3.62. The largest absolute Gasteiger partial charge is 0.463 e. The Hall–Kier alpha value is -3.30. The number of rotatable bonds is 10. The van der Waals surface area contributed by atoms with Gasteiger partial charge in [0, 0.05) is 0 Å². The van der Waals surface area contributed by atoms with Crippen LogP contribution in [-0.2, 0) is 23.4 Å². The molecule has 1 fully saturated rings. The maximum Gasteiger partial charge on any atom is 0.380 e. The Labute approximate surface area is 226 Å². The van der Waals surface area contributed by atoms with Gasteiger partial charge in [0.2, 0.25) is 5.67 Å². The van der Waals surface area contributed by atoms with E-state index in [4.69, 9.17) is 27.0 Å². The highest BCUT2D eigenvalue weighted by Crippen LogP contribution is 2.51. The van der Waals surface area contributed by atoms with Crippen molar-refractivity contribution in [2.24, 2.45) is 5.92 Å². The van der Waals surface area contributed by atoms with E-state index in [2.05, 4.69) is 10.9 Å². The molecule has 1 aromatic heterocycles. The lowest BCUT2D eigenvalue weighted by molar-refractivity contribution is -0.151. The Morgan fingerprint density at radius 1 is 1.38 bits per heavy atom. The van der Waals surface area contributed by atoms with Crippen molar-refractivity contribution < 1.29 is 44.5 Å². The molecular weight excluding hydrogens is 539 g/mol. The minimum Gasteiger partial charge on any atom is -0.463 e. The summed E-state index contributed by atoms with van der Waals surface area (Å²) in [6, 6.07) is 7.52. The Morgan fingerprint density at radius 3 is 2.67 bits per heavy atom. The van der Waals surface area contributed by atoms with Crippen LogP contribution in [0.25, 0.3) is 0 Å². The van der Waals surface area contributed by atoms with Crippen molar-refractivity contribution in [2.45, 2.75) is 57.9 Å². The van der Waals surface area contributed by atoms with Gasteiger partial charge in [-0.1, -0.05) is 31.0 Å². The number of benzene rings is 1. The number of aliphatic hydroxyl groups is 1. The molecule has 39 heavy (non-hydrogen) atoms. The molecule has 6 atom stereocenters. The normalized spacial score (nSPS) is 26.0. The summed E-state index contributed by atoms with van der Waals surface area (Å²) in [6.07, 6.45) is -7.69. The number of hydrogen-bond acceptors (Lipinski definition) is 10. The van der Waals surface area contributed by atoms with Crippen molar-refractivity contribution in [1.82, 2.24) is 9.55 Å². The first kappa shape index (κ1) is 27.3. The molecule has 0 saturated carbocycles. The van der Waals surface area contributed by atoms with Crippen LogP contribution in [0.1, 0.15) is 36.7 Å². The zero-order valence-electron chi connectivity index (χ0n) is 23.5. The van der Waals surface area contributed by atoms with E-state index in [1.54, 1.807) is 19.9 Å². The predicted octanol–water partition coefficient (Wildman–Crippen LogP) is 2.83. The summed E-state index contributed by atoms with van der Waals surface area (Å²) in [5.41, 5.74) is 0.819. The Morgan fingerprint density at radius 2 is 2.05 bits per heavy atom. The van der Waals surface area contributed by atoms with Gasteiger partial charge >= 0.3 is 19.3 Å². The SMILES string of the molecule is [2H]C([2H])(O[P@@](=O)(C[C@@H](C)C(=O)OC(C)C)Oc1ccccc1)[C@H]1O[C@@H](n2cc(F)c(N)nc2=O)C(F)(C#CC)[C@H]1O. The van der Waals surface area contributed by atoms with Gasteiger partial charge in [0.15, 0.2) is 17.9 Å². The predicted molar refractivity (Wildman–Crippen MR) is 136 cm³/mol. The van der Waals surface area contributed by atoms with Gasteiger partial charge in [0.1, 0.15) is 18.0 Å². The maximum atomic E-state index is 16.2. The number of aliphatic hydroxyl groups excluding tert-OH is 1. The van der Waals surface area contributed by atoms with Crippen LogP contribution in [-0.4, -0.2) is 57.3 Å². The number of para-hydroxylation sites is 1. The topological polar surface area (TPSA) is 152 Å². The molecule has 0 bridgehead atoms. The lowest BCUT2D eigenvalue weighted by Gasteiger charge is -2.25. The van der Waals surface area contributed by atoms with E-state index in [9.17, 15) is 23.7 Å². The highest BCUT2D eigenvalue weighted by molar-refractivity contribution is 7.54. The number of nitrogens with two attached hydrogens (primary N) is 1. The first-order chi connectivity index (χ1) is 19.0. The fraction of sp³-hybridized carbons (Fsp3) is 0.480. The van der Waals surface area contributed by atoms with E-state index in [1.165, 1.54) is 38.1 Å². The zero-order chi connectivity index (χ0) is 30.8. The Kier molecular flexibility index (Phi) is 8.57. The van der Waals surface area contributed by atoms with Crippen LogP contribution in [0.3, 0.4) is 0 Å². The maximum absolute atomic E-state index is 16.2. The first-order valence-electron chi connectivity index (χ1n) is 12.8. The second kappa shape index (κ2) is 12.3. The molecule has 1 aromatic carbocycles. The molecule has 212 valence electrons. The number of carbonyl (C=O) groups is 1. The third-order valence-corrected chi connectivity index (χ3v) is 7.27. The lowest BCUT2D eigenvalue weighted by atomic mass is 9.96. The van der Waals surface area contributed by atoms with Crippen molar-refractivity contribution in [3.8, 4) is 17.6 Å². The van der Waals surface area contributed by atoms with Gasteiger partial charge in [-0.2, -0.15) is 4.98 Å². The number of alkyl halides is 1. The van der Waals surface area contributed by atoms with Gasteiger partial charge in [0.05, 0.1) is 33.7 Å². The summed E-state index contributed by atoms with van der Waals surface area (Å²) in [6.45, 7) is 2.47. The van der Waals surface area contributed by atoms with Crippen molar-refractivity contribution in [3.05, 3.63) is 52.8 Å². The van der Waals surface area contributed by atoms with Gasteiger partial charge in [-0.05, 0) is 32.9 Å². The van der Waals surface area contributed by atoms with Crippen molar-refractivity contribution >= 4 is 19.4 Å². The number of halogens is 2. The van der Waals surface area contributed by atoms with Gasteiger partial charge < -0.3 is 24.8 Å². The second-order valence-corrected chi connectivity index (χ2v) is 10.9. The van der Waals surface area contributed by atoms with Crippen molar-refractivity contribution in [2.75, 3.05) is 18.5 Å². The molecule has 2 aromatic rings. The van der Waals surface area contributed by atoms with E-state index in [0.29, 0.717) is 10.8 Å². The van der Waals surface area contributed by atoms with E-state index >= 15 is 4.39 Å². The Bertz CT molecular complexity index is 1440. The number of aromatic nitrogens is 2. The lowest BCUT2D eigenvalue weighted by Crippen LogP contribution is -2.44. The van der Waals surface area contributed by atoms with Crippen LogP contribution in [0.5, 0.6) is 5.75 Å². The molecule has 0 spiro atoms. The molecule has 1 aliphatic rings. The smallest absolute Gasteiger partial charge is 0.380 e. The highest BCUT2D eigenvalue weighted by atomic mass is 31.2. The molecule has 3 N–H and O–H groups in total. The number of hydrogen-bond donors (Lipinski definition) is 2. The van der Waals surface area contributed by atoms with Gasteiger partial charge in [-0.25, -0.2) is 18.1 Å². The third kappa shape index (κ3) is 7.02. The van der Waals surface area contributed by atoms with Crippen LogP contribution >= 0.6 is 7.60 Å². The van der Waals surface area contributed by atoms with Gasteiger partial charge in [0.25, 0.3) is 0 Å². The van der Waals surface area contributed by atoms with E-state index < -0.39 is 79.7 Å². The third-order valence-electron chi connectivity index (χ3n) is 5.40. The molecule has 11 nitrogen and oxygen atoms in total. The molecule has 3 rings (SSSR count). The fourth-order valence-corrected chi connectivity index (χ4v) is 5.33. The van der Waals surface area contributed by atoms with E-state index in [0.717, 1.165) is 0 Å². The van der Waals surface area contributed by atoms with Crippen LogP contribution in [0.4, 0.5) is 14.6 Å². The standard InChI is InChI=1S/C25H30F2N3O8P/c1-5-11-25(27)20(31)19(37-23(25)30-12-18(26)21(28)29-24(30)33)13-35-39(34,38-17-9-7-6-8-10-17)14-16(4)22(32)36-15(2)3/h6-10,12,15-16,19-20,23,31H,13-14H2,1-4H3,(H2,28,29,33)/t16-,19-,20+,23-,25?,39+/m1/s1/i13D2. The number of nitrogens with zero attached hydrogens (tertiary/aromatic N) is 2. The molecule has 2 heterocycles. The minimum atomic E-state index is -4.65. The van der Waals surface area contributed by atoms with Crippen LogP contribution in [0, 0.1) is 23.6 Å². The van der Waals surface area contributed by atoms with Crippen LogP contribution < -0.4 is 15.9 Å². The quantitative estimate of drug-likeness (QED) is 0.247. The van der Waals surface area contributed by atoms with Gasteiger partial charge in [-0.3, -0.25) is 13.9 Å². The summed E-state index contributed by atoms with van der Waals surface area (Å²) in [5.74, 6) is 0.363. The molecule has 14 heteroatoms. The zero-order valence-corrected chi connectivity index (χ0v) is 22.4. The highest BCUT2D eigenvalue weighted by Gasteiger charge is 2.58. The molecule has 0 radical (unpaired) electrons. The Balaban J connectivity index is 2.01. The minimum absolute atomic E-state index is 0.00603. The molecule has 1 saturated heterocycles. The molecule has 0 aliphatic carbocycles. The second-order valence-electron chi connectivity index (χ2n) is 8.95. The average molecular weight is 572 g/mol. The van der Waals surface area contributed by atoms with E-state index in [-0.39, 0.29) is 5.75 Å². The van der Waals surface area contributed by atoms with Crippen molar-refractivity contribution in [3.63, 3.8) is 0 Å². The summed E-state index contributed by atoms with van der Waals surface area (Å²) < 4.78 is 83.0. The molecule has 1 aliphatic heterocycles.